The lowest BCUT2D eigenvalue weighted by atomic mass is 10.1. The zero-order valence-corrected chi connectivity index (χ0v) is 17.2. The summed E-state index contributed by atoms with van der Waals surface area (Å²) in [5.41, 5.74) is 3.35. The summed E-state index contributed by atoms with van der Waals surface area (Å²) >= 11 is 3.45. The topological polar surface area (TPSA) is 44.9 Å². The van der Waals surface area contributed by atoms with E-state index in [0.29, 0.717) is 6.73 Å². The first-order chi connectivity index (χ1) is 11.3. The predicted molar refractivity (Wildman–Crippen MR) is 104 cm³/mol. The maximum absolute atomic E-state index is 5.77. The first-order valence-electron chi connectivity index (χ1n) is 8.05. The summed E-state index contributed by atoms with van der Waals surface area (Å²) in [5.74, 6) is 0. The summed E-state index contributed by atoms with van der Waals surface area (Å²) in [5, 5.41) is 5.60. The standard InChI is InChI=1S/C17H23BrN4OSi/c1-21-11-15(14-7-17(18)19-9-16(14)21)13-8-20-22(10-13)12-23-5-6-24(2,3)4/h7-11H,5-6,12H2,1-4H3. The van der Waals surface area contributed by atoms with Gasteiger partial charge in [-0.1, -0.05) is 19.6 Å². The highest BCUT2D eigenvalue weighted by Gasteiger charge is 2.13. The molecule has 0 fully saturated rings. The van der Waals surface area contributed by atoms with E-state index in [1.165, 1.54) is 11.4 Å². The lowest BCUT2D eigenvalue weighted by molar-refractivity contribution is 0.0786. The number of rotatable bonds is 6. The van der Waals surface area contributed by atoms with Crippen molar-refractivity contribution in [1.29, 1.82) is 0 Å². The highest BCUT2D eigenvalue weighted by Crippen LogP contribution is 2.30. The summed E-state index contributed by atoms with van der Waals surface area (Å²) in [6.07, 6.45) is 7.93. The molecular weight excluding hydrogens is 384 g/mol. The molecule has 3 aromatic rings. The van der Waals surface area contributed by atoms with Crippen LogP contribution in [0.1, 0.15) is 0 Å². The molecule has 3 heterocycles. The van der Waals surface area contributed by atoms with Crippen LogP contribution in [0.25, 0.3) is 22.0 Å². The second kappa shape index (κ2) is 6.82. The van der Waals surface area contributed by atoms with Crippen LogP contribution in [0.15, 0.2) is 35.5 Å². The van der Waals surface area contributed by atoms with Crippen molar-refractivity contribution < 1.29 is 4.74 Å². The smallest absolute Gasteiger partial charge is 0.139 e. The second-order valence-corrected chi connectivity index (χ2v) is 13.7. The summed E-state index contributed by atoms with van der Waals surface area (Å²) in [6, 6.07) is 3.22. The number of halogens is 1. The van der Waals surface area contributed by atoms with Crippen molar-refractivity contribution in [2.45, 2.75) is 32.4 Å². The van der Waals surface area contributed by atoms with E-state index >= 15 is 0 Å². The predicted octanol–water partition coefficient (Wildman–Crippen LogP) is 4.51. The molecule has 0 aliphatic rings. The molecule has 0 saturated carbocycles. The minimum absolute atomic E-state index is 0.500. The first-order valence-corrected chi connectivity index (χ1v) is 12.5. The van der Waals surface area contributed by atoms with E-state index in [2.05, 4.69) is 56.4 Å². The van der Waals surface area contributed by atoms with Crippen LogP contribution in [0, 0.1) is 0 Å². The minimum atomic E-state index is -1.04. The molecule has 0 aromatic carbocycles. The number of nitrogens with zero attached hydrogens (tertiary/aromatic N) is 4. The molecule has 0 radical (unpaired) electrons. The van der Waals surface area contributed by atoms with E-state index in [9.17, 15) is 0 Å². The average Bonchev–Trinajstić information content (AvgIpc) is 3.07. The number of aryl methyl sites for hydroxylation is 1. The van der Waals surface area contributed by atoms with E-state index in [1.807, 2.05) is 36.4 Å². The number of pyridine rings is 1. The Morgan fingerprint density at radius 1 is 1.21 bits per heavy atom. The molecule has 0 aliphatic carbocycles. The van der Waals surface area contributed by atoms with E-state index in [0.717, 1.165) is 27.9 Å². The second-order valence-electron chi connectivity index (χ2n) is 7.29. The Bertz CT molecular complexity index is 850. The quantitative estimate of drug-likeness (QED) is 0.343. The Hall–Kier alpha value is -1.44. The van der Waals surface area contributed by atoms with Gasteiger partial charge in [0.15, 0.2) is 0 Å². The molecule has 3 rings (SSSR count). The molecule has 0 saturated heterocycles. The molecule has 24 heavy (non-hydrogen) atoms. The zero-order valence-electron chi connectivity index (χ0n) is 14.6. The SMILES string of the molecule is Cn1cc(-c2cnn(COCC[Si](C)(C)C)c2)c2cc(Br)ncc21. The van der Waals surface area contributed by atoms with Crippen LogP contribution in [0.3, 0.4) is 0 Å². The van der Waals surface area contributed by atoms with Crippen LogP contribution in [-0.4, -0.2) is 34.0 Å². The fourth-order valence-corrected chi connectivity index (χ4v) is 3.68. The summed E-state index contributed by atoms with van der Waals surface area (Å²) in [4.78, 5) is 4.31. The molecule has 0 atom stereocenters. The van der Waals surface area contributed by atoms with Gasteiger partial charge in [0.1, 0.15) is 11.3 Å². The number of fused-ring (bicyclic) bond motifs is 1. The Labute approximate surface area is 151 Å². The largest absolute Gasteiger partial charge is 0.360 e. The third-order valence-corrected chi connectivity index (χ3v) is 6.14. The highest BCUT2D eigenvalue weighted by molar-refractivity contribution is 9.10. The molecule has 0 amide bonds. The molecule has 3 aromatic heterocycles. The first kappa shape index (κ1) is 17.4. The number of hydrogen-bond donors (Lipinski definition) is 0. The van der Waals surface area contributed by atoms with Crippen LogP contribution in [0.2, 0.25) is 25.7 Å². The van der Waals surface area contributed by atoms with Gasteiger partial charge in [0, 0.05) is 50.6 Å². The van der Waals surface area contributed by atoms with Crippen molar-refractivity contribution in [1.82, 2.24) is 19.3 Å². The van der Waals surface area contributed by atoms with Gasteiger partial charge in [0.2, 0.25) is 0 Å². The molecule has 7 heteroatoms. The average molecular weight is 407 g/mol. The Balaban J connectivity index is 1.75. The lowest BCUT2D eigenvalue weighted by Crippen LogP contribution is -2.22. The maximum Gasteiger partial charge on any atom is 0.139 e. The van der Waals surface area contributed by atoms with E-state index < -0.39 is 8.07 Å². The maximum atomic E-state index is 5.77. The molecule has 0 unspecified atom stereocenters. The third kappa shape index (κ3) is 3.96. The van der Waals surface area contributed by atoms with Gasteiger partial charge in [-0.15, -0.1) is 0 Å². The van der Waals surface area contributed by atoms with Crippen LogP contribution in [0.5, 0.6) is 0 Å². The Kier molecular flexibility index (Phi) is 4.94. The van der Waals surface area contributed by atoms with Crippen LogP contribution in [0.4, 0.5) is 0 Å². The van der Waals surface area contributed by atoms with Gasteiger partial charge in [0.05, 0.1) is 17.9 Å². The zero-order chi connectivity index (χ0) is 17.3. The van der Waals surface area contributed by atoms with Crippen molar-refractivity contribution in [3.8, 4) is 11.1 Å². The van der Waals surface area contributed by atoms with Crippen LogP contribution in [-0.2, 0) is 18.5 Å². The van der Waals surface area contributed by atoms with Gasteiger partial charge in [-0.25, -0.2) is 9.67 Å². The number of aromatic nitrogens is 4. The van der Waals surface area contributed by atoms with Gasteiger partial charge >= 0.3 is 0 Å². The third-order valence-electron chi connectivity index (χ3n) is 4.01. The summed E-state index contributed by atoms with van der Waals surface area (Å²) < 4.78 is 10.6. The van der Waals surface area contributed by atoms with Crippen molar-refractivity contribution in [2.24, 2.45) is 7.05 Å². The van der Waals surface area contributed by atoms with E-state index in [1.54, 1.807) is 0 Å². The fraction of sp³-hybridized carbons (Fsp3) is 0.412. The summed E-state index contributed by atoms with van der Waals surface area (Å²) in [7, 11) is 0.989. The molecule has 0 aliphatic heterocycles. The summed E-state index contributed by atoms with van der Waals surface area (Å²) in [6.45, 7) is 8.37. The van der Waals surface area contributed by atoms with Crippen molar-refractivity contribution >= 4 is 34.9 Å². The van der Waals surface area contributed by atoms with Gasteiger partial charge in [-0.2, -0.15) is 5.10 Å². The number of hydrogen-bond acceptors (Lipinski definition) is 3. The van der Waals surface area contributed by atoms with Crippen LogP contribution < -0.4 is 0 Å². The number of ether oxygens (including phenoxy) is 1. The van der Waals surface area contributed by atoms with Gasteiger partial charge in [-0.3, -0.25) is 0 Å². The van der Waals surface area contributed by atoms with Crippen molar-refractivity contribution in [2.75, 3.05) is 6.61 Å². The minimum Gasteiger partial charge on any atom is -0.360 e. The monoisotopic (exact) mass is 406 g/mol. The van der Waals surface area contributed by atoms with Gasteiger partial charge in [-0.05, 0) is 28.0 Å². The molecule has 5 nitrogen and oxygen atoms in total. The Morgan fingerprint density at radius 2 is 2.00 bits per heavy atom. The molecule has 0 bridgehead atoms. The molecular formula is C17H23BrN4OSi. The van der Waals surface area contributed by atoms with Crippen molar-refractivity contribution in [3.63, 3.8) is 0 Å². The molecule has 128 valence electrons. The van der Waals surface area contributed by atoms with E-state index in [4.69, 9.17) is 4.74 Å². The normalized spacial score (nSPS) is 12.2. The molecule has 0 N–H and O–H groups in total. The van der Waals surface area contributed by atoms with Crippen molar-refractivity contribution in [3.05, 3.63) is 35.5 Å². The molecule has 0 spiro atoms. The van der Waals surface area contributed by atoms with E-state index in [-0.39, 0.29) is 0 Å². The lowest BCUT2D eigenvalue weighted by Gasteiger charge is -2.15. The Morgan fingerprint density at radius 3 is 2.75 bits per heavy atom. The van der Waals surface area contributed by atoms with Gasteiger partial charge in [0.25, 0.3) is 0 Å². The highest BCUT2D eigenvalue weighted by atomic mass is 79.9. The fourth-order valence-electron chi connectivity index (χ4n) is 2.59. The van der Waals surface area contributed by atoms with Crippen LogP contribution >= 0.6 is 15.9 Å². The van der Waals surface area contributed by atoms with Gasteiger partial charge < -0.3 is 9.30 Å².